The number of hydrogen-bond donors (Lipinski definition) is 0. The molecule has 0 aliphatic carbocycles. The predicted molar refractivity (Wildman–Crippen MR) is 94.6 cm³/mol. The van der Waals surface area contributed by atoms with Gasteiger partial charge in [-0.05, 0) is 37.4 Å². The van der Waals surface area contributed by atoms with E-state index in [1.54, 1.807) is 47.5 Å². The van der Waals surface area contributed by atoms with E-state index in [1.165, 1.54) is 0 Å². The van der Waals surface area contributed by atoms with E-state index in [1.807, 2.05) is 49.5 Å². The third-order valence-electron chi connectivity index (χ3n) is 4.29. The Morgan fingerprint density at radius 1 is 0.696 bits per heavy atom. The molecule has 5 heteroatoms. The first-order valence-electron chi connectivity index (χ1n) is 7.52. The maximum absolute atomic E-state index is 12.7. The van der Waals surface area contributed by atoms with Gasteiger partial charge in [-0.1, -0.05) is 36.4 Å². The molecule has 2 aromatic rings. The quantitative estimate of drug-likeness (QED) is 0.809. The van der Waals surface area contributed by atoms with Gasteiger partial charge in [0.1, 0.15) is 0 Å². The van der Waals surface area contributed by atoms with E-state index >= 15 is 0 Å². The zero-order valence-electron chi connectivity index (χ0n) is 14.0. The number of carbonyl (C=O) groups excluding carboxylic acids is 2. The molecule has 2 rings (SSSR count). The summed E-state index contributed by atoms with van der Waals surface area (Å²) in [5.41, 5.74) is 1.27. The number of carbonyl (C=O) groups is 2. The topological polar surface area (TPSA) is 40.6 Å². The number of benzene rings is 2. The maximum atomic E-state index is 12.7. The summed E-state index contributed by atoms with van der Waals surface area (Å²) in [5, 5.41) is 0. The molecule has 0 N–H and O–H groups in total. The zero-order chi connectivity index (χ0) is 17.0. The first kappa shape index (κ1) is 17.0. The first-order chi connectivity index (χ1) is 10.9. The van der Waals surface area contributed by atoms with E-state index in [4.69, 9.17) is 0 Å². The van der Waals surface area contributed by atoms with Gasteiger partial charge in [-0.2, -0.15) is 0 Å². The van der Waals surface area contributed by atoms with E-state index in [-0.39, 0.29) is 11.8 Å². The maximum Gasteiger partial charge on any atom is 0.262 e. The average molecular weight is 326 g/mol. The molecule has 0 bridgehead atoms. The fraction of sp³-hybridized carbons (Fsp3) is 0.222. The lowest BCUT2D eigenvalue weighted by Crippen LogP contribution is -2.62. The smallest absolute Gasteiger partial charge is 0.262 e. The number of nitrogens with zero attached hydrogens (tertiary/aromatic N) is 2. The molecule has 2 amide bonds. The van der Waals surface area contributed by atoms with Crippen molar-refractivity contribution in [2.24, 2.45) is 0 Å². The van der Waals surface area contributed by atoms with Gasteiger partial charge in [0, 0.05) is 25.2 Å². The molecule has 0 radical (unpaired) electrons. The summed E-state index contributed by atoms with van der Waals surface area (Å²) in [6.07, 6.45) is 0. The van der Waals surface area contributed by atoms with Crippen LogP contribution in [0.3, 0.4) is 0 Å². The number of hydrogen-bond acceptors (Lipinski definition) is 2. The molecule has 0 heterocycles. The van der Waals surface area contributed by atoms with Crippen molar-refractivity contribution in [2.75, 3.05) is 14.1 Å². The van der Waals surface area contributed by atoms with Crippen LogP contribution in [0, 0.1) is 0 Å². The average Bonchev–Trinajstić information content (AvgIpc) is 2.60. The Balaban J connectivity index is 2.22. The molecule has 2 aromatic carbocycles. The van der Waals surface area contributed by atoms with Crippen LogP contribution in [-0.4, -0.2) is 43.4 Å². The minimum absolute atomic E-state index is 0.0602. The Morgan fingerprint density at radius 3 is 1.30 bits per heavy atom. The van der Waals surface area contributed by atoms with Gasteiger partial charge in [-0.3, -0.25) is 9.59 Å². The highest BCUT2D eigenvalue weighted by atomic mass is 28.3. The number of rotatable bonds is 4. The molecular formula is C18H22N2O2Si. The van der Waals surface area contributed by atoms with Gasteiger partial charge in [0.15, 0.2) is 0 Å². The third kappa shape index (κ3) is 3.51. The third-order valence-corrected chi connectivity index (χ3v) is 7.98. The van der Waals surface area contributed by atoms with Gasteiger partial charge < -0.3 is 9.13 Å². The molecule has 0 saturated carbocycles. The van der Waals surface area contributed by atoms with Crippen LogP contribution < -0.4 is 0 Å². The molecule has 120 valence electrons. The Kier molecular flexibility index (Phi) is 5.01. The molecule has 0 unspecified atom stereocenters. The van der Waals surface area contributed by atoms with Crippen LogP contribution in [0.2, 0.25) is 13.1 Å². The molecule has 0 spiro atoms. The summed E-state index contributed by atoms with van der Waals surface area (Å²) in [5.74, 6) is -0.120. The van der Waals surface area contributed by atoms with E-state index in [0.29, 0.717) is 11.1 Å². The van der Waals surface area contributed by atoms with Crippen molar-refractivity contribution in [3.05, 3.63) is 71.8 Å². The van der Waals surface area contributed by atoms with Crippen LogP contribution >= 0.6 is 0 Å². The summed E-state index contributed by atoms with van der Waals surface area (Å²) < 4.78 is 3.45. The molecule has 0 aromatic heterocycles. The van der Waals surface area contributed by atoms with Crippen molar-refractivity contribution in [3.63, 3.8) is 0 Å². The van der Waals surface area contributed by atoms with Crippen molar-refractivity contribution in [2.45, 2.75) is 13.1 Å². The second kappa shape index (κ2) is 6.79. The molecule has 0 fully saturated rings. The Labute approximate surface area is 138 Å². The second-order valence-electron chi connectivity index (χ2n) is 5.95. The molecule has 0 saturated heterocycles. The standard InChI is InChI=1S/C18H22N2O2Si/c1-19(17(21)15-11-7-5-8-12-15)23(3,4)20(2)18(22)16-13-9-6-10-14-16/h5-14H,1-4H3. The second-order valence-corrected chi connectivity index (χ2v) is 10.3. The van der Waals surface area contributed by atoms with Crippen LogP contribution in [0.1, 0.15) is 20.7 Å². The first-order valence-corrected chi connectivity index (χ1v) is 10.4. The Hall–Kier alpha value is -2.40. The Bertz CT molecular complexity index is 627. The van der Waals surface area contributed by atoms with Crippen molar-refractivity contribution in [3.8, 4) is 0 Å². The predicted octanol–water partition coefficient (Wildman–Crippen LogP) is 3.23. The molecule has 0 aliphatic heterocycles. The van der Waals surface area contributed by atoms with Crippen molar-refractivity contribution in [1.29, 1.82) is 0 Å². The largest absolute Gasteiger partial charge is 0.350 e. The fourth-order valence-electron chi connectivity index (χ4n) is 2.27. The molecule has 0 aliphatic rings. The zero-order valence-corrected chi connectivity index (χ0v) is 15.0. The highest BCUT2D eigenvalue weighted by Crippen LogP contribution is 2.18. The summed E-state index contributed by atoms with van der Waals surface area (Å²) >= 11 is 0. The van der Waals surface area contributed by atoms with Crippen molar-refractivity contribution < 1.29 is 9.59 Å². The van der Waals surface area contributed by atoms with Gasteiger partial charge in [0.25, 0.3) is 8.40 Å². The monoisotopic (exact) mass is 326 g/mol. The van der Waals surface area contributed by atoms with Gasteiger partial charge >= 0.3 is 0 Å². The lowest BCUT2D eigenvalue weighted by molar-refractivity contribution is 0.0825. The van der Waals surface area contributed by atoms with Crippen LogP contribution in [0.5, 0.6) is 0 Å². The van der Waals surface area contributed by atoms with Crippen LogP contribution in [0.25, 0.3) is 0 Å². The van der Waals surface area contributed by atoms with Crippen molar-refractivity contribution in [1.82, 2.24) is 9.13 Å². The van der Waals surface area contributed by atoms with Crippen molar-refractivity contribution >= 4 is 20.2 Å². The minimum atomic E-state index is -2.43. The summed E-state index contributed by atoms with van der Waals surface area (Å²) in [6.45, 7) is 3.99. The number of amides is 2. The minimum Gasteiger partial charge on any atom is -0.350 e. The molecule has 4 nitrogen and oxygen atoms in total. The van der Waals surface area contributed by atoms with Gasteiger partial charge in [0.2, 0.25) is 11.8 Å². The lowest BCUT2D eigenvalue weighted by Gasteiger charge is -2.40. The normalized spacial score (nSPS) is 11.0. The van der Waals surface area contributed by atoms with Crippen LogP contribution in [-0.2, 0) is 0 Å². The van der Waals surface area contributed by atoms with Crippen LogP contribution in [0.4, 0.5) is 0 Å². The van der Waals surface area contributed by atoms with E-state index in [2.05, 4.69) is 0 Å². The van der Waals surface area contributed by atoms with E-state index in [0.717, 1.165) is 0 Å². The summed E-state index contributed by atoms with van der Waals surface area (Å²) in [6, 6.07) is 18.3. The van der Waals surface area contributed by atoms with Gasteiger partial charge in [-0.25, -0.2) is 0 Å². The fourth-order valence-corrected chi connectivity index (χ4v) is 3.97. The summed E-state index contributed by atoms with van der Waals surface area (Å²) in [7, 11) is 1.11. The molecule has 23 heavy (non-hydrogen) atoms. The van der Waals surface area contributed by atoms with Gasteiger partial charge in [-0.15, -0.1) is 0 Å². The molecular weight excluding hydrogens is 304 g/mol. The summed E-state index contributed by atoms with van der Waals surface area (Å²) in [4.78, 5) is 25.4. The highest BCUT2D eigenvalue weighted by molar-refractivity contribution is 6.76. The SMILES string of the molecule is CN(C(=O)c1ccccc1)[Si](C)(C)N(C)C(=O)c1ccccc1. The Morgan fingerprint density at radius 2 is 1.00 bits per heavy atom. The van der Waals surface area contributed by atoms with E-state index in [9.17, 15) is 9.59 Å². The van der Waals surface area contributed by atoms with E-state index < -0.39 is 8.40 Å². The van der Waals surface area contributed by atoms with Gasteiger partial charge in [0.05, 0.1) is 0 Å². The van der Waals surface area contributed by atoms with Crippen LogP contribution in [0.15, 0.2) is 60.7 Å². The molecule has 0 atom stereocenters. The lowest BCUT2D eigenvalue weighted by atomic mass is 10.2. The highest BCUT2D eigenvalue weighted by Gasteiger charge is 2.38.